The minimum atomic E-state index is -2.15. The smallest absolute Gasteiger partial charge is 0.113 e. The Morgan fingerprint density at radius 3 is 3.08 bits per heavy atom. The van der Waals surface area contributed by atoms with Gasteiger partial charge in [0.15, 0.2) is 0 Å². The molecule has 0 aromatic carbocycles. The molecule has 13 heavy (non-hydrogen) atoms. The average Bonchev–Trinajstić information content (AvgIpc) is 2.45. The molecule has 0 atom stereocenters. The Morgan fingerprint density at radius 1 is 1.62 bits per heavy atom. The van der Waals surface area contributed by atoms with Crippen LogP contribution >= 0.6 is 7.14 Å². The van der Waals surface area contributed by atoms with Crippen molar-refractivity contribution in [2.24, 2.45) is 0 Å². The third kappa shape index (κ3) is 1.56. The van der Waals surface area contributed by atoms with Gasteiger partial charge in [0.2, 0.25) is 0 Å². The van der Waals surface area contributed by atoms with E-state index in [1.54, 1.807) is 19.5 Å². The summed E-state index contributed by atoms with van der Waals surface area (Å²) in [5.74, 6) is 0. The highest BCUT2D eigenvalue weighted by Crippen LogP contribution is 2.36. The molecule has 0 saturated heterocycles. The van der Waals surface area contributed by atoms with Gasteiger partial charge in [-0.05, 0) is 13.3 Å². The molecule has 1 aromatic rings. The molecule has 1 aliphatic rings. The van der Waals surface area contributed by atoms with Crippen molar-refractivity contribution in [1.82, 2.24) is 15.1 Å². The highest BCUT2D eigenvalue weighted by atomic mass is 31.2. The number of hydrogen-bond donors (Lipinski definition) is 1. The van der Waals surface area contributed by atoms with Crippen LogP contribution in [0.5, 0.6) is 0 Å². The van der Waals surface area contributed by atoms with E-state index in [2.05, 4.69) is 10.4 Å². The van der Waals surface area contributed by atoms with E-state index in [-0.39, 0.29) is 0 Å². The van der Waals surface area contributed by atoms with Crippen LogP contribution in [0.4, 0.5) is 0 Å². The Labute approximate surface area is 77.7 Å². The Kier molecular flexibility index (Phi) is 2.05. The summed E-state index contributed by atoms with van der Waals surface area (Å²) in [7, 11) is -2.15. The van der Waals surface area contributed by atoms with Crippen LogP contribution in [0, 0.1) is 0 Å². The van der Waals surface area contributed by atoms with Crippen molar-refractivity contribution in [2.45, 2.75) is 13.1 Å². The predicted octanol–water partition coefficient (Wildman–Crippen LogP) is 0.234. The summed E-state index contributed by atoms with van der Waals surface area (Å²) >= 11 is 0. The topological polar surface area (TPSA) is 46.9 Å². The van der Waals surface area contributed by atoms with Crippen LogP contribution in [0.2, 0.25) is 0 Å². The largest absolute Gasteiger partial charge is 0.319 e. The minimum absolute atomic E-state index is 0.793. The van der Waals surface area contributed by atoms with Crippen molar-refractivity contribution >= 4 is 12.4 Å². The summed E-state index contributed by atoms with van der Waals surface area (Å²) in [6, 6.07) is 0. The highest BCUT2D eigenvalue weighted by molar-refractivity contribution is 7.70. The van der Waals surface area contributed by atoms with E-state index in [0.717, 1.165) is 30.6 Å². The molecule has 2 heterocycles. The van der Waals surface area contributed by atoms with E-state index in [1.165, 1.54) is 0 Å². The highest BCUT2D eigenvalue weighted by Gasteiger charge is 2.22. The second-order valence-corrected chi connectivity index (χ2v) is 6.91. The molecule has 1 aliphatic heterocycles. The quantitative estimate of drug-likeness (QED) is 0.659. The van der Waals surface area contributed by atoms with E-state index in [1.807, 2.05) is 4.68 Å². The van der Waals surface area contributed by atoms with Crippen LogP contribution in [0.25, 0.3) is 0 Å². The molecule has 0 unspecified atom stereocenters. The van der Waals surface area contributed by atoms with Crippen molar-refractivity contribution in [3.63, 3.8) is 0 Å². The van der Waals surface area contributed by atoms with Crippen LogP contribution in [-0.4, -0.2) is 29.7 Å². The normalized spacial score (nSPS) is 17.1. The third-order valence-electron chi connectivity index (χ3n) is 2.30. The van der Waals surface area contributed by atoms with Crippen molar-refractivity contribution in [2.75, 3.05) is 19.9 Å². The Morgan fingerprint density at radius 2 is 2.38 bits per heavy atom. The molecule has 5 heteroatoms. The van der Waals surface area contributed by atoms with Crippen molar-refractivity contribution < 1.29 is 4.57 Å². The third-order valence-corrected chi connectivity index (χ3v) is 3.83. The first kappa shape index (κ1) is 8.97. The van der Waals surface area contributed by atoms with Crippen molar-refractivity contribution in [3.8, 4) is 0 Å². The number of hydrogen-bond acceptors (Lipinski definition) is 3. The number of fused-ring (bicyclic) bond motifs is 1. The molecule has 0 fully saturated rings. The van der Waals surface area contributed by atoms with Gasteiger partial charge in [-0.2, -0.15) is 5.10 Å². The second kappa shape index (κ2) is 2.96. The molecule has 1 aromatic heterocycles. The van der Waals surface area contributed by atoms with Crippen LogP contribution < -0.4 is 10.6 Å². The average molecular weight is 199 g/mol. The van der Waals surface area contributed by atoms with Crippen LogP contribution in [-0.2, 0) is 17.7 Å². The van der Waals surface area contributed by atoms with Crippen LogP contribution in [0.1, 0.15) is 5.69 Å². The lowest BCUT2D eigenvalue weighted by Crippen LogP contribution is -2.31. The van der Waals surface area contributed by atoms with Crippen LogP contribution in [0.15, 0.2) is 6.20 Å². The SMILES string of the molecule is CP(C)(=O)c1cnn2c1CNCC2. The minimum Gasteiger partial charge on any atom is -0.319 e. The first-order valence-electron chi connectivity index (χ1n) is 4.40. The zero-order valence-corrected chi connectivity index (χ0v) is 8.84. The van der Waals surface area contributed by atoms with E-state index in [4.69, 9.17) is 0 Å². The lowest BCUT2D eigenvalue weighted by atomic mass is 10.3. The van der Waals surface area contributed by atoms with Crippen LogP contribution in [0.3, 0.4) is 0 Å². The number of nitrogens with one attached hydrogen (secondary N) is 1. The van der Waals surface area contributed by atoms with Gasteiger partial charge in [-0.1, -0.05) is 0 Å². The standard InChI is InChI=1S/C8H14N3OP/c1-13(2,12)8-6-10-11-4-3-9-5-7(8)11/h6,9H,3-5H2,1-2H3. The molecule has 4 nitrogen and oxygen atoms in total. The maximum atomic E-state index is 11.9. The Hall–Kier alpha value is -0.600. The molecule has 0 bridgehead atoms. The van der Waals surface area contributed by atoms with Gasteiger partial charge in [0, 0.05) is 13.1 Å². The number of rotatable bonds is 1. The molecule has 1 N–H and O–H groups in total. The molecular formula is C8H14N3OP. The lowest BCUT2D eigenvalue weighted by Gasteiger charge is -2.17. The van der Waals surface area contributed by atoms with Gasteiger partial charge >= 0.3 is 0 Å². The van der Waals surface area contributed by atoms with Crippen molar-refractivity contribution in [1.29, 1.82) is 0 Å². The van der Waals surface area contributed by atoms with Crippen molar-refractivity contribution in [3.05, 3.63) is 11.9 Å². The molecular weight excluding hydrogens is 185 g/mol. The predicted molar refractivity (Wildman–Crippen MR) is 53.0 cm³/mol. The molecule has 0 amide bonds. The van der Waals surface area contributed by atoms with Gasteiger partial charge in [0.1, 0.15) is 7.14 Å². The fraction of sp³-hybridized carbons (Fsp3) is 0.625. The summed E-state index contributed by atoms with van der Waals surface area (Å²) in [5, 5.41) is 8.42. The lowest BCUT2D eigenvalue weighted by molar-refractivity contribution is 0.477. The summed E-state index contributed by atoms with van der Waals surface area (Å²) in [6.45, 7) is 6.21. The molecule has 0 aliphatic carbocycles. The first-order chi connectivity index (χ1) is 6.09. The summed E-state index contributed by atoms with van der Waals surface area (Å²) in [5.41, 5.74) is 1.10. The van der Waals surface area contributed by atoms with E-state index in [0.29, 0.717) is 0 Å². The zero-order valence-electron chi connectivity index (χ0n) is 7.95. The fourth-order valence-electron chi connectivity index (χ4n) is 1.62. The number of aromatic nitrogens is 2. The summed E-state index contributed by atoms with van der Waals surface area (Å²) < 4.78 is 13.8. The summed E-state index contributed by atoms with van der Waals surface area (Å²) in [6.07, 6.45) is 1.75. The van der Waals surface area contributed by atoms with E-state index < -0.39 is 7.14 Å². The maximum absolute atomic E-state index is 11.9. The molecule has 72 valence electrons. The van der Waals surface area contributed by atoms with Gasteiger partial charge in [-0.25, -0.2) is 0 Å². The first-order valence-corrected chi connectivity index (χ1v) is 7.00. The molecule has 2 rings (SSSR count). The zero-order chi connectivity index (χ0) is 9.47. The monoisotopic (exact) mass is 199 g/mol. The summed E-state index contributed by atoms with van der Waals surface area (Å²) in [4.78, 5) is 0. The number of nitrogens with zero attached hydrogens (tertiary/aromatic N) is 2. The van der Waals surface area contributed by atoms with Gasteiger partial charge < -0.3 is 9.88 Å². The van der Waals surface area contributed by atoms with Gasteiger partial charge in [0.05, 0.1) is 23.7 Å². The molecule has 0 spiro atoms. The second-order valence-electron chi connectivity index (χ2n) is 3.73. The van der Waals surface area contributed by atoms with Gasteiger partial charge in [-0.15, -0.1) is 0 Å². The van der Waals surface area contributed by atoms with Gasteiger partial charge in [-0.3, -0.25) is 4.68 Å². The Balaban J connectivity index is 2.49. The molecule has 0 radical (unpaired) electrons. The Bertz CT molecular complexity index is 365. The molecule has 0 saturated carbocycles. The van der Waals surface area contributed by atoms with Gasteiger partial charge in [0.25, 0.3) is 0 Å². The fourth-order valence-corrected chi connectivity index (χ4v) is 2.76. The van der Waals surface area contributed by atoms with E-state index >= 15 is 0 Å². The van der Waals surface area contributed by atoms with E-state index in [9.17, 15) is 4.57 Å². The maximum Gasteiger partial charge on any atom is 0.113 e.